The maximum atomic E-state index is 4.11. The van der Waals surface area contributed by atoms with Crippen molar-refractivity contribution in [1.29, 1.82) is 0 Å². The van der Waals surface area contributed by atoms with E-state index in [0.29, 0.717) is 0 Å². The number of H-pyrrole nitrogens is 1. The van der Waals surface area contributed by atoms with Crippen LogP contribution in [0.2, 0.25) is 0 Å². The summed E-state index contributed by atoms with van der Waals surface area (Å²) in [5.74, 6) is 0. The number of aryl methyl sites for hydroxylation is 1. The lowest BCUT2D eigenvalue weighted by atomic mass is 9.82. The molecule has 1 aliphatic heterocycles. The minimum Gasteiger partial charge on any atom is -0.358 e. The largest absolute Gasteiger partial charge is 0.358 e. The second-order valence-corrected chi connectivity index (χ2v) is 7.25. The lowest BCUT2D eigenvalue weighted by Crippen LogP contribution is -2.37. The van der Waals surface area contributed by atoms with Crippen molar-refractivity contribution in [3.63, 3.8) is 0 Å². The smallest absolute Gasteiger partial charge is 0.0458 e. The molecule has 0 fully saturated rings. The van der Waals surface area contributed by atoms with Gasteiger partial charge in [0, 0.05) is 41.6 Å². The standard InChI is InChI=1S/C23H30N2/c1-4-16-25-17-14-20-19-11-7-8-12-21(19)24-22(20)13-9-10-15-23(5-2,6-3)18-25/h4-8,11-12,24H,1-3,9-10,13-18H2. The number of hydrogen-bond acceptors (Lipinski definition) is 1. The number of hydrogen-bond donors (Lipinski definition) is 1. The van der Waals surface area contributed by atoms with Crippen LogP contribution in [-0.2, 0) is 12.8 Å². The fraction of sp³-hybridized carbons (Fsp3) is 0.391. The molecular weight excluding hydrogens is 304 g/mol. The molecular formula is C23H30N2. The quantitative estimate of drug-likeness (QED) is 0.753. The molecule has 0 unspecified atom stereocenters. The lowest BCUT2D eigenvalue weighted by molar-refractivity contribution is 0.227. The van der Waals surface area contributed by atoms with Crippen molar-refractivity contribution in [2.75, 3.05) is 19.6 Å². The molecule has 2 heterocycles. The molecule has 2 nitrogen and oxygen atoms in total. The lowest BCUT2D eigenvalue weighted by Gasteiger charge is -2.33. The van der Waals surface area contributed by atoms with Crippen LogP contribution in [0.3, 0.4) is 0 Å². The highest BCUT2D eigenvalue weighted by atomic mass is 15.1. The van der Waals surface area contributed by atoms with Crippen LogP contribution in [0.4, 0.5) is 0 Å². The van der Waals surface area contributed by atoms with Crippen LogP contribution in [-0.4, -0.2) is 29.5 Å². The van der Waals surface area contributed by atoms with Crippen LogP contribution in [0, 0.1) is 5.41 Å². The summed E-state index contributed by atoms with van der Waals surface area (Å²) < 4.78 is 0. The molecule has 2 aromatic rings. The van der Waals surface area contributed by atoms with Crippen LogP contribution in [0.15, 0.2) is 62.2 Å². The zero-order valence-corrected chi connectivity index (χ0v) is 15.3. The van der Waals surface area contributed by atoms with E-state index in [1.807, 2.05) is 6.08 Å². The molecule has 1 aromatic carbocycles. The number of nitrogens with zero attached hydrogens (tertiary/aromatic N) is 1. The SMILES string of the molecule is C=CCN1CCc2c([nH]c3ccccc23)CCCCC(C=C)(C=C)C1. The van der Waals surface area contributed by atoms with Crippen LogP contribution in [0.1, 0.15) is 30.5 Å². The van der Waals surface area contributed by atoms with Gasteiger partial charge in [0.25, 0.3) is 0 Å². The van der Waals surface area contributed by atoms with Crippen molar-refractivity contribution in [3.05, 3.63) is 73.5 Å². The molecule has 1 aliphatic rings. The van der Waals surface area contributed by atoms with E-state index in [1.54, 1.807) is 0 Å². The summed E-state index contributed by atoms with van der Waals surface area (Å²) >= 11 is 0. The molecule has 3 rings (SSSR count). The Labute approximate surface area is 151 Å². The summed E-state index contributed by atoms with van der Waals surface area (Å²) in [6.45, 7) is 15.1. The van der Waals surface area contributed by atoms with Gasteiger partial charge in [-0.05, 0) is 37.3 Å². The minimum absolute atomic E-state index is 0.00310. The van der Waals surface area contributed by atoms with E-state index in [-0.39, 0.29) is 5.41 Å². The Hall–Kier alpha value is -2.06. The van der Waals surface area contributed by atoms with E-state index in [2.05, 4.69) is 66.0 Å². The Morgan fingerprint density at radius 2 is 1.88 bits per heavy atom. The molecule has 132 valence electrons. The molecule has 1 aromatic heterocycles. The normalized spacial score (nSPS) is 18.9. The summed E-state index contributed by atoms with van der Waals surface area (Å²) in [6, 6.07) is 8.70. The van der Waals surface area contributed by atoms with Gasteiger partial charge >= 0.3 is 0 Å². The van der Waals surface area contributed by atoms with Gasteiger partial charge < -0.3 is 4.98 Å². The summed E-state index contributed by atoms with van der Waals surface area (Å²) in [7, 11) is 0. The van der Waals surface area contributed by atoms with E-state index in [0.717, 1.165) is 38.9 Å². The monoisotopic (exact) mass is 334 g/mol. The van der Waals surface area contributed by atoms with E-state index in [1.165, 1.54) is 35.0 Å². The predicted octanol–water partition coefficient (Wildman–Crippen LogP) is 5.28. The summed E-state index contributed by atoms with van der Waals surface area (Å²) in [5.41, 5.74) is 4.19. The summed E-state index contributed by atoms with van der Waals surface area (Å²) in [6.07, 6.45) is 11.9. The third kappa shape index (κ3) is 3.80. The summed E-state index contributed by atoms with van der Waals surface area (Å²) in [4.78, 5) is 6.16. The average Bonchev–Trinajstić information content (AvgIpc) is 2.98. The van der Waals surface area contributed by atoms with E-state index < -0.39 is 0 Å². The highest BCUT2D eigenvalue weighted by molar-refractivity contribution is 5.84. The molecule has 0 saturated carbocycles. The molecule has 1 N–H and O–H groups in total. The Kier molecular flexibility index (Phi) is 5.60. The van der Waals surface area contributed by atoms with Crippen molar-refractivity contribution >= 4 is 10.9 Å². The molecule has 0 saturated heterocycles. The maximum absolute atomic E-state index is 4.11. The van der Waals surface area contributed by atoms with E-state index in [9.17, 15) is 0 Å². The second kappa shape index (κ2) is 7.88. The number of aromatic amines is 1. The molecule has 0 spiro atoms. The van der Waals surface area contributed by atoms with Crippen LogP contribution in [0.5, 0.6) is 0 Å². The van der Waals surface area contributed by atoms with Gasteiger partial charge in [0.2, 0.25) is 0 Å². The Morgan fingerprint density at radius 1 is 1.08 bits per heavy atom. The van der Waals surface area contributed by atoms with Crippen molar-refractivity contribution in [3.8, 4) is 0 Å². The zero-order valence-electron chi connectivity index (χ0n) is 15.3. The van der Waals surface area contributed by atoms with E-state index in [4.69, 9.17) is 0 Å². The second-order valence-electron chi connectivity index (χ2n) is 7.25. The van der Waals surface area contributed by atoms with Crippen molar-refractivity contribution < 1.29 is 0 Å². The van der Waals surface area contributed by atoms with Crippen molar-refractivity contribution in [2.45, 2.75) is 32.1 Å². The Morgan fingerprint density at radius 3 is 2.64 bits per heavy atom. The van der Waals surface area contributed by atoms with E-state index >= 15 is 0 Å². The fourth-order valence-corrected chi connectivity index (χ4v) is 4.11. The van der Waals surface area contributed by atoms with Gasteiger partial charge in [-0.2, -0.15) is 0 Å². The molecule has 25 heavy (non-hydrogen) atoms. The Bertz CT molecular complexity index is 745. The predicted molar refractivity (Wildman–Crippen MR) is 109 cm³/mol. The van der Waals surface area contributed by atoms with Gasteiger partial charge in [0.1, 0.15) is 0 Å². The number of nitrogens with one attached hydrogen (secondary N) is 1. The first-order valence-corrected chi connectivity index (χ1v) is 9.40. The molecule has 0 atom stereocenters. The zero-order chi connectivity index (χ0) is 17.7. The Balaban J connectivity index is 1.93. The van der Waals surface area contributed by atoms with Gasteiger partial charge in [0.05, 0.1) is 0 Å². The summed E-state index contributed by atoms with van der Waals surface area (Å²) in [5, 5.41) is 1.38. The first-order valence-electron chi connectivity index (χ1n) is 9.40. The minimum atomic E-state index is 0.00310. The molecule has 0 aliphatic carbocycles. The van der Waals surface area contributed by atoms with Crippen LogP contribution in [0.25, 0.3) is 10.9 Å². The van der Waals surface area contributed by atoms with Gasteiger partial charge in [-0.1, -0.05) is 42.8 Å². The third-order valence-corrected chi connectivity index (χ3v) is 5.62. The van der Waals surface area contributed by atoms with Crippen LogP contribution >= 0.6 is 0 Å². The average molecular weight is 335 g/mol. The van der Waals surface area contributed by atoms with Crippen molar-refractivity contribution in [2.24, 2.45) is 5.41 Å². The fourth-order valence-electron chi connectivity index (χ4n) is 4.11. The highest BCUT2D eigenvalue weighted by Gasteiger charge is 2.26. The van der Waals surface area contributed by atoms with Gasteiger partial charge in [-0.3, -0.25) is 4.90 Å². The molecule has 2 heteroatoms. The van der Waals surface area contributed by atoms with Gasteiger partial charge in [-0.25, -0.2) is 0 Å². The molecule has 0 amide bonds. The highest BCUT2D eigenvalue weighted by Crippen LogP contribution is 2.32. The maximum Gasteiger partial charge on any atom is 0.0458 e. The third-order valence-electron chi connectivity index (χ3n) is 5.62. The number of aromatic nitrogens is 1. The topological polar surface area (TPSA) is 19.0 Å². The first-order chi connectivity index (χ1) is 12.2. The number of rotatable bonds is 4. The number of para-hydroxylation sites is 1. The van der Waals surface area contributed by atoms with Crippen LogP contribution < -0.4 is 0 Å². The van der Waals surface area contributed by atoms with Crippen molar-refractivity contribution in [1.82, 2.24) is 9.88 Å². The first kappa shape index (κ1) is 17.8. The number of fused-ring (bicyclic) bond motifs is 3. The number of benzene rings is 1. The van der Waals surface area contributed by atoms with Gasteiger partial charge in [-0.15, -0.1) is 19.7 Å². The van der Waals surface area contributed by atoms with Gasteiger partial charge in [0.15, 0.2) is 0 Å². The molecule has 0 bridgehead atoms. The molecule has 0 radical (unpaired) electrons.